The number of alkyl halides is 3. The molecule has 1 aliphatic heterocycles. The van der Waals surface area contributed by atoms with E-state index in [2.05, 4.69) is 20.1 Å². The van der Waals surface area contributed by atoms with E-state index in [1.807, 2.05) is 0 Å². The molecule has 0 spiro atoms. The number of aryl methyl sites for hydroxylation is 1. The normalized spacial score (nSPS) is 20.1. The number of piperidine rings is 1. The Hall–Kier alpha value is -3.01. The number of likely N-dealkylation sites (tertiary alicyclic amines) is 1. The van der Waals surface area contributed by atoms with Crippen molar-refractivity contribution in [2.45, 2.75) is 32.5 Å². The first-order valence-corrected chi connectivity index (χ1v) is 9.33. The lowest BCUT2D eigenvalue weighted by molar-refractivity contribution is -0.137. The molecule has 1 fully saturated rings. The molecule has 0 radical (unpaired) electrons. The molecule has 2 heterocycles. The first-order chi connectivity index (χ1) is 14.1. The number of amides is 1. The number of hydrazone groups is 1. The molecule has 11 heteroatoms. The first kappa shape index (κ1) is 21.7. The molecule has 30 heavy (non-hydrogen) atoms. The Morgan fingerprint density at radius 3 is 2.70 bits per heavy atom. The van der Waals surface area contributed by atoms with Crippen LogP contribution < -0.4 is 5.84 Å². The van der Waals surface area contributed by atoms with Gasteiger partial charge < -0.3 is 10.7 Å². The number of halogens is 4. The van der Waals surface area contributed by atoms with Gasteiger partial charge in [-0.1, -0.05) is 17.7 Å². The van der Waals surface area contributed by atoms with Crippen molar-refractivity contribution in [2.24, 2.45) is 15.9 Å². The van der Waals surface area contributed by atoms with Gasteiger partial charge in [0.05, 0.1) is 27.9 Å². The van der Waals surface area contributed by atoms with Crippen molar-refractivity contribution in [3.8, 4) is 0 Å². The van der Waals surface area contributed by atoms with Gasteiger partial charge in [-0.25, -0.2) is 15.0 Å². The largest absolute Gasteiger partial charge is 0.417 e. The van der Waals surface area contributed by atoms with E-state index in [4.69, 9.17) is 17.4 Å². The molecule has 1 unspecified atom stereocenters. The molecular weight excluding hydrogens is 421 g/mol. The lowest BCUT2D eigenvalue weighted by Crippen LogP contribution is -2.51. The lowest BCUT2D eigenvalue weighted by Gasteiger charge is -2.35. The smallest absolute Gasteiger partial charge is 0.330 e. The van der Waals surface area contributed by atoms with Crippen LogP contribution in [0.25, 0.3) is 0 Å². The highest BCUT2D eigenvalue weighted by Gasteiger charge is 2.37. The fourth-order valence-corrected chi connectivity index (χ4v) is 3.54. The number of aliphatic imine (C=N–C) groups is 1. The van der Waals surface area contributed by atoms with Crippen molar-refractivity contribution in [2.75, 3.05) is 6.54 Å². The maximum Gasteiger partial charge on any atom is 0.417 e. The van der Waals surface area contributed by atoms with E-state index in [-0.39, 0.29) is 12.1 Å². The van der Waals surface area contributed by atoms with Gasteiger partial charge in [-0.3, -0.25) is 4.79 Å². The standard InChI is InChI=1S/C19H18ClF3N6O/c1-10-17(28-24)14(27-15-6-8-25-11(2)26-15)7-9-29(10)18(30)12-4-3-5-13(16(12)20)19(21,22)23/h3-6,8,10H,7,9,24H2,1-2H3. The van der Waals surface area contributed by atoms with E-state index in [0.717, 1.165) is 12.1 Å². The third-order valence-electron chi connectivity index (χ3n) is 4.69. The Labute approximate surface area is 175 Å². The number of benzene rings is 1. The fraction of sp³-hybridized carbons (Fsp3) is 0.316. The number of hydrogen-bond acceptors (Lipinski definition) is 6. The Balaban J connectivity index is 1.91. The van der Waals surface area contributed by atoms with Crippen LogP contribution in [0.3, 0.4) is 0 Å². The Morgan fingerprint density at radius 1 is 1.33 bits per heavy atom. The molecule has 3 rings (SSSR count). The number of rotatable bonds is 2. The Kier molecular flexibility index (Phi) is 6.06. The van der Waals surface area contributed by atoms with Crippen LogP contribution in [0.5, 0.6) is 0 Å². The number of carbonyl (C=O) groups excluding carboxylic acids is 1. The molecule has 1 aliphatic rings. The Morgan fingerprint density at radius 2 is 2.07 bits per heavy atom. The summed E-state index contributed by atoms with van der Waals surface area (Å²) in [7, 11) is 0. The van der Waals surface area contributed by atoms with Gasteiger partial charge in [0.2, 0.25) is 0 Å². The summed E-state index contributed by atoms with van der Waals surface area (Å²) in [5.74, 6) is 5.87. The number of carbonyl (C=O) groups is 1. The molecule has 1 amide bonds. The van der Waals surface area contributed by atoms with Crippen molar-refractivity contribution in [1.82, 2.24) is 14.9 Å². The molecule has 1 aromatic carbocycles. The van der Waals surface area contributed by atoms with Crippen molar-refractivity contribution in [3.05, 3.63) is 52.4 Å². The highest BCUT2D eigenvalue weighted by atomic mass is 35.5. The van der Waals surface area contributed by atoms with Crippen LogP contribution in [0, 0.1) is 6.92 Å². The minimum atomic E-state index is -4.67. The maximum absolute atomic E-state index is 13.1. The van der Waals surface area contributed by atoms with E-state index in [1.165, 1.54) is 11.0 Å². The number of hydrogen-bond donors (Lipinski definition) is 1. The summed E-state index contributed by atoms with van der Waals surface area (Å²) < 4.78 is 39.4. The number of nitrogens with two attached hydrogens (primary N) is 1. The molecule has 2 aromatic rings. The molecular formula is C19H18ClF3N6O. The third-order valence-corrected chi connectivity index (χ3v) is 5.10. The number of nitrogens with zero attached hydrogens (tertiary/aromatic N) is 5. The summed E-state index contributed by atoms with van der Waals surface area (Å²) >= 11 is 5.92. The van der Waals surface area contributed by atoms with Crippen LogP contribution >= 0.6 is 11.6 Å². The second-order valence-corrected chi connectivity index (χ2v) is 7.00. The highest BCUT2D eigenvalue weighted by Crippen LogP contribution is 2.37. The highest BCUT2D eigenvalue weighted by molar-refractivity contribution is 6.45. The summed E-state index contributed by atoms with van der Waals surface area (Å²) in [5.41, 5.74) is -0.411. The van der Waals surface area contributed by atoms with Crippen LogP contribution in [0.4, 0.5) is 19.0 Å². The fourth-order valence-electron chi connectivity index (χ4n) is 3.22. The zero-order valence-corrected chi connectivity index (χ0v) is 16.9. The van der Waals surface area contributed by atoms with Gasteiger partial charge in [-0.15, -0.1) is 0 Å². The van der Waals surface area contributed by atoms with Crippen LogP contribution in [-0.4, -0.2) is 44.8 Å². The summed E-state index contributed by atoms with van der Waals surface area (Å²) in [6.45, 7) is 3.60. The molecule has 0 aliphatic carbocycles. The average Bonchev–Trinajstić information content (AvgIpc) is 2.67. The topological polar surface area (TPSA) is 96.8 Å². The molecule has 7 nitrogen and oxygen atoms in total. The second kappa shape index (κ2) is 8.39. The average molecular weight is 439 g/mol. The minimum Gasteiger partial charge on any atom is -0.330 e. The third kappa shape index (κ3) is 4.28. The van der Waals surface area contributed by atoms with Gasteiger partial charge in [-0.05, 0) is 26.0 Å². The predicted molar refractivity (Wildman–Crippen MR) is 107 cm³/mol. The van der Waals surface area contributed by atoms with E-state index in [9.17, 15) is 18.0 Å². The summed E-state index contributed by atoms with van der Waals surface area (Å²) in [6.07, 6.45) is -2.80. The number of aromatic nitrogens is 2. The summed E-state index contributed by atoms with van der Waals surface area (Å²) in [4.78, 5) is 27.0. The quantitative estimate of drug-likeness (QED) is 0.570. The van der Waals surface area contributed by atoms with Crippen LogP contribution in [0.2, 0.25) is 5.02 Å². The van der Waals surface area contributed by atoms with Gasteiger partial charge in [0.25, 0.3) is 5.91 Å². The molecule has 0 bridgehead atoms. The van der Waals surface area contributed by atoms with Crippen molar-refractivity contribution >= 4 is 34.7 Å². The molecule has 158 valence electrons. The van der Waals surface area contributed by atoms with Gasteiger partial charge >= 0.3 is 6.18 Å². The van der Waals surface area contributed by atoms with E-state index in [1.54, 1.807) is 26.1 Å². The zero-order valence-electron chi connectivity index (χ0n) is 16.1. The van der Waals surface area contributed by atoms with E-state index < -0.39 is 28.7 Å². The first-order valence-electron chi connectivity index (χ1n) is 8.95. The summed E-state index contributed by atoms with van der Waals surface area (Å²) in [5, 5.41) is 3.13. The van der Waals surface area contributed by atoms with Gasteiger partial charge in [-0.2, -0.15) is 18.3 Å². The zero-order chi connectivity index (χ0) is 22.1. The van der Waals surface area contributed by atoms with Crippen LogP contribution in [0.15, 0.2) is 40.6 Å². The van der Waals surface area contributed by atoms with Crippen molar-refractivity contribution in [1.29, 1.82) is 0 Å². The van der Waals surface area contributed by atoms with E-state index >= 15 is 0 Å². The van der Waals surface area contributed by atoms with Crippen LogP contribution in [0.1, 0.15) is 35.1 Å². The maximum atomic E-state index is 13.1. The van der Waals surface area contributed by atoms with E-state index in [0.29, 0.717) is 29.5 Å². The summed E-state index contributed by atoms with van der Waals surface area (Å²) in [6, 6.07) is 4.25. The molecule has 1 aromatic heterocycles. The monoisotopic (exact) mass is 438 g/mol. The molecule has 1 atom stereocenters. The minimum absolute atomic E-state index is 0.203. The lowest BCUT2D eigenvalue weighted by atomic mass is 9.97. The molecule has 2 N–H and O–H groups in total. The van der Waals surface area contributed by atoms with Crippen LogP contribution in [-0.2, 0) is 6.18 Å². The predicted octanol–water partition coefficient (Wildman–Crippen LogP) is 3.78. The van der Waals surface area contributed by atoms with Gasteiger partial charge in [0, 0.05) is 25.2 Å². The Bertz CT molecular complexity index is 1040. The SMILES string of the molecule is Cc1nccc(N=C2CCN(C(=O)c3cccc(C(F)(F)F)c3Cl)C(C)C2=NN)n1. The van der Waals surface area contributed by atoms with Crippen molar-refractivity contribution in [3.63, 3.8) is 0 Å². The molecule has 1 saturated heterocycles. The second-order valence-electron chi connectivity index (χ2n) is 6.62. The van der Waals surface area contributed by atoms with Gasteiger partial charge in [0.15, 0.2) is 5.82 Å². The molecule has 0 saturated carbocycles. The van der Waals surface area contributed by atoms with Crippen molar-refractivity contribution < 1.29 is 18.0 Å². The van der Waals surface area contributed by atoms with Gasteiger partial charge in [0.1, 0.15) is 11.5 Å².